The molecule has 6 atom stereocenters. The van der Waals surface area contributed by atoms with Gasteiger partial charge < -0.3 is 10.0 Å². The number of aliphatic hydroxyl groups excluding tert-OH is 1. The largest absolute Gasteiger partial charge is 0.378 e. The molecule has 2 heterocycles. The molecule has 0 aromatic rings. The zero-order valence-electron chi connectivity index (χ0n) is 18.4. The van der Waals surface area contributed by atoms with Gasteiger partial charge in [-0.05, 0) is 30.1 Å². The second-order valence-electron chi connectivity index (χ2n) is 10.3. The monoisotopic (exact) mass is 402 g/mol. The van der Waals surface area contributed by atoms with Crippen LogP contribution in [0.5, 0.6) is 0 Å². The third kappa shape index (κ3) is 4.68. The first-order valence-electron chi connectivity index (χ1n) is 11.7. The van der Waals surface area contributed by atoms with Crippen LogP contribution in [0.2, 0.25) is 0 Å². The molecule has 0 radical (unpaired) electrons. The van der Waals surface area contributed by atoms with Gasteiger partial charge >= 0.3 is 0 Å². The average molecular weight is 403 g/mol. The summed E-state index contributed by atoms with van der Waals surface area (Å²) in [5, 5.41) is 19.5. The van der Waals surface area contributed by atoms with Gasteiger partial charge in [0, 0.05) is 24.8 Å². The lowest BCUT2D eigenvalue weighted by Gasteiger charge is -2.33. The van der Waals surface area contributed by atoms with Crippen molar-refractivity contribution < 1.29 is 14.7 Å². The van der Waals surface area contributed by atoms with Gasteiger partial charge in [0.05, 0.1) is 12.1 Å². The molecule has 5 nitrogen and oxygen atoms in total. The zero-order valence-corrected chi connectivity index (χ0v) is 18.4. The number of fused-ring (bicyclic) bond motifs is 3. The Morgan fingerprint density at radius 1 is 1.07 bits per heavy atom. The third-order valence-corrected chi connectivity index (χ3v) is 8.00. The summed E-state index contributed by atoms with van der Waals surface area (Å²) in [6.45, 7) is 7.08. The van der Waals surface area contributed by atoms with Crippen molar-refractivity contribution in [1.82, 2.24) is 4.90 Å². The first kappa shape index (κ1) is 22.3. The molecule has 1 unspecified atom stereocenters. The Morgan fingerprint density at radius 2 is 1.66 bits per heavy atom. The van der Waals surface area contributed by atoms with Crippen molar-refractivity contribution in [3.05, 3.63) is 0 Å². The van der Waals surface area contributed by atoms with Crippen LogP contribution in [-0.2, 0) is 9.59 Å². The van der Waals surface area contributed by atoms with Crippen LogP contribution in [0.3, 0.4) is 0 Å². The summed E-state index contributed by atoms with van der Waals surface area (Å²) in [5.74, 6) is 0.430. The normalized spacial score (nSPS) is 37.3. The summed E-state index contributed by atoms with van der Waals surface area (Å²) in [6.07, 6.45) is 8.52. The van der Waals surface area contributed by atoms with Crippen molar-refractivity contribution in [3.8, 4) is 6.07 Å². The summed E-state index contributed by atoms with van der Waals surface area (Å²) in [7, 11) is 0. The molecular weight excluding hydrogens is 364 g/mol. The minimum absolute atomic E-state index is 0.0423. The van der Waals surface area contributed by atoms with Gasteiger partial charge in [-0.3, -0.25) is 9.59 Å². The van der Waals surface area contributed by atoms with Crippen LogP contribution in [0.1, 0.15) is 85.0 Å². The SMILES string of the molecule is C[C@H]1CCCCCCCCC[C@@H](C(O)C#N)CC(=O)[C@@H]2[C@@H]3[C@H](CN2C1=O)C3(C)C. The third-order valence-electron chi connectivity index (χ3n) is 8.00. The maximum absolute atomic E-state index is 13.4. The van der Waals surface area contributed by atoms with Gasteiger partial charge in [-0.2, -0.15) is 5.26 Å². The molecule has 1 aliphatic carbocycles. The molecule has 5 heteroatoms. The number of carbonyl (C=O) groups is 2. The fourth-order valence-corrected chi connectivity index (χ4v) is 5.89. The molecule has 0 bridgehead atoms. The lowest BCUT2D eigenvalue weighted by Crippen LogP contribution is -2.48. The van der Waals surface area contributed by atoms with E-state index in [9.17, 15) is 20.0 Å². The summed E-state index contributed by atoms with van der Waals surface area (Å²) in [5.41, 5.74) is 0.102. The Balaban J connectivity index is 1.79. The van der Waals surface area contributed by atoms with E-state index in [1.807, 2.05) is 17.9 Å². The maximum atomic E-state index is 13.4. The second-order valence-corrected chi connectivity index (χ2v) is 10.3. The van der Waals surface area contributed by atoms with Gasteiger partial charge in [-0.1, -0.05) is 65.7 Å². The Bertz CT molecular complexity index is 653. The van der Waals surface area contributed by atoms with Crippen LogP contribution in [0, 0.1) is 40.4 Å². The Labute approximate surface area is 175 Å². The Morgan fingerprint density at radius 3 is 2.28 bits per heavy atom. The van der Waals surface area contributed by atoms with Crippen LogP contribution in [0.4, 0.5) is 0 Å². The molecule has 0 spiro atoms. The van der Waals surface area contributed by atoms with E-state index in [0.717, 1.165) is 38.5 Å². The number of ketones is 1. The highest BCUT2D eigenvalue weighted by Gasteiger charge is 2.69. The smallest absolute Gasteiger partial charge is 0.226 e. The molecule has 3 rings (SSSR count). The predicted octanol–water partition coefficient (Wildman–Crippen LogP) is 4.09. The molecule has 1 N–H and O–H groups in total. The van der Waals surface area contributed by atoms with Crippen LogP contribution in [-0.4, -0.2) is 40.4 Å². The van der Waals surface area contributed by atoms with E-state index in [0.29, 0.717) is 18.9 Å². The van der Waals surface area contributed by atoms with E-state index in [1.54, 1.807) is 0 Å². The predicted molar refractivity (Wildman–Crippen MR) is 112 cm³/mol. The van der Waals surface area contributed by atoms with E-state index in [-0.39, 0.29) is 47.3 Å². The van der Waals surface area contributed by atoms with Crippen LogP contribution in [0.15, 0.2) is 0 Å². The number of rotatable bonds is 1. The fourth-order valence-electron chi connectivity index (χ4n) is 5.89. The first-order chi connectivity index (χ1) is 13.8. The summed E-state index contributed by atoms with van der Waals surface area (Å²) in [4.78, 5) is 28.4. The van der Waals surface area contributed by atoms with Gasteiger partial charge in [0.25, 0.3) is 0 Å². The molecule has 0 aromatic heterocycles. The topological polar surface area (TPSA) is 81.4 Å². The molecule has 1 saturated carbocycles. The molecule has 2 saturated heterocycles. The van der Waals surface area contributed by atoms with Gasteiger partial charge in [0.1, 0.15) is 6.10 Å². The number of hydrogen-bond acceptors (Lipinski definition) is 4. The lowest BCUT2D eigenvalue weighted by molar-refractivity contribution is -0.143. The fraction of sp³-hybridized carbons (Fsp3) is 0.875. The number of nitrogens with zero attached hydrogens (tertiary/aromatic N) is 2. The Hall–Kier alpha value is -1.41. The lowest BCUT2D eigenvalue weighted by atomic mass is 9.86. The molecular formula is C24H38N2O3. The molecule has 3 fully saturated rings. The van der Waals surface area contributed by atoms with Crippen molar-refractivity contribution in [1.29, 1.82) is 5.26 Å². The van der Waals surface area contributed by atoms with Crippen molar-refractivity contribution in [2.45, 2.75) is 97.1 Å². The average Bonchev–Trinajstić information content (AvgIpc) is 3.04. The Kier molecular flexibility index (Phi) is 7.04. The molecule has 3 aliphatic rings. The number of Topliss-reactive ketones (excluding diaryl/α,β-unsaturated/α-hetero) is 1. The highest BCUT2D eigenvalue weighted by molar-refractivity contribution is 5.91. The van der Waals surface area contributed by atoms with Crippen molar-refractivity contribution >= 4 is 11.7 Å². The van der Waals surface area contributed by atoms with E-state index in [2.05, 4.69) is 13.8 Å². The van der Waals surface area contributed by atoms with Crippen molar-refractivity contribution in [3.63, 3.8) is 0 Å². The van der Waals surface area contributed by atoms with Gasteiger partial charge in [0.2, 0.25) is 5.91 Å². The minimum atomic E-state index is -1.11. The van der Waals surface area contributed by atoms with Crippen molar-refractivity contribution in [2.75, 3.05) is 6.54 Å². The van der Waals surface area contributed by atoms with E-state index in [4.69, 9.17) is 0 Å². The molecule has 29 heavy (non-hydrogen) atoms. The van der Waals surface area contributed by atoms with Gasteiger partial charge in [0.15, 0.2) is 5.78 Å². The van der Waals surface area contributed by atoms with E-state index < -0.39 is 6.10 Å². The quantitative estimate of drug-likeness (QED) is 0.670. The van der Waals surface area contributed by atoms with Crippen LogP contribution in [0.25, 0.3) is 0 Å². The van der Waals surface area contributed by atoms with Gasteiger partial charge in [-0.15, -0.1) is 0 Å². The van der Waals surface area contributed by atoms with Crippen molar-refractivity contribution in [2.24, 2.45) is 29.1 Å². The number of nitriles is 1. The maximum Gasteiger partial charge on any atom is 0.226 e. The highest BCUT2D eigenvalue weighted by Crippen LogP contribution is 2.65. The van der Waals surface area contributed by atoms with E-state index in [1.165, 1.54) is 12.8 Å². The highest BCUT2D eigenvalue weighted by atomic mass is 16.3. The number of carbonyl (C=O) groups excluding carboxylic acids is 2. The summed E-state index contributed by atoms with van der Waals surface area (Å²) < 4.78 is 0. The molecule has 2 aliphatic heterocycles. The van der Waals surface area contributed by atoms with Gasteiger partial charge in [-0.25, -0.2) is 0 Å². The number of hydrogen-bond donors (Lipinski definition) is 1. The van der Waals surface area contributed by atoms with Crippen LogP contribution >= 0.6 is 0 Å². The summed E-state index contributed by atoms with van der Waals surface area (Å²) in [6, 6.07) is 1.57. The van der Waals surface area contributed by atoms with E-state index >= 15 is 0 Å². The molecule has 0 aromatic carbocycles. The minimum Gasteiger partial charge on any atom is -0.378 e. The second kappa shape index (κ2) is 9.16. The molecule has 1 amide bonds. The number of amides is 1. The van der Waals surface area contributed by atoms with Crippen LogP contribution < -0.4 is 0 Å². The number of aliphatic hydroxyl groups is 1. The summed E-state index contributed by atoms with van der Waals surface area (Å²) >= 11 is 0. The zero-order chi connectivity index (χ0) is 21.2. The molecule has 162 valence electrons. The standard InChI is InChI=1S/C24H38N2O3/c1-16-11-9-7-5-4-6-8-10-12-17(20(28)14-25)13-19(27)22-21-18(24(21,2)3)15-26(22)23(16)29/h16-18,20-22,28H,4-13,15H2,1-3H3/t16-,17+,18-,20?,21-,22+/m0/s1. The first-order valence-corrected chi connectivity index (χ1v) is 11.7. The number of piperidine rings is 1.